The minimum atomic E-state index is -0.166. The number of amides is 1. The van der Waals surface area contributed by atoms with Crippen LogP contribution in [-0.4, -0.2) is 12.5 Å². The number of hydrogen-bond acceptors (Lipinski definition) is 2. The summed E-state index contributed by atoms with van der Waals surface area (Å²) in [5, 5.41) is 2.88. The van der Waals surface area contributed by atoms with E-state index in [0.717, 1.165) is 33.5 Å². The molecular formula is C19H20BrNO2. The van der Waals surface area contributed by atoms with Crippen LogP contribution >= 0.6 is 15.9 Å². The summed E-state index contributed by atoms with van der Waals surface area (Å²) in [5.41, 5.74) is 2.70. The molecule has 1 amide bonds. The number of rotatable bonds is 6. The summed E-state index contributed by atoms with van der Waals surface area (Å²) in [5.74, 6) is 0.624. The van der Waals surface area contributed by atoms with E-state index in [4.69, 9.17) is 4.74 Å². The molecule has 0 atom stereocenters. The van der Waals surface area contributed by atoms with Crippen LogP contribution < -0.4 is 10.1 Å². The predicted molar refractivity (Wildman–Crippen MR) is 98.8 cm³/mol. The molecule has 2 rings (SSSR count). The lowest BCUT2D eigenvalue weighted by Gasteiger charge is -2.08. The van der Waals surface area contributed by atoms with Crippen molar-refractivity contribution in [3.05, 3.63) is 64.1 Å². The average Bonchev–Trinajstić information content (AvgIpc) is 2.54. The summed E-state index contributed by atoms with van der Waals surface area (Å²) in [4.78, 5) is 12.1. The lowest BCUT2D eigenvalue weighted by molar-refractivity contribution is -0.111. The number of hydrogen-bond donors (Lipinski definition) is 1. The highest BCUT2D eigenvalue weighted by atomic mass is 79.9. The standard InChI is InChI=1S/C19H20BrNO2/c1-3-12-23-18-7-5-4-6-15(18)8-11-19(22)21-17-10-9-16(20)13-14(17)2/h4-11,13H,3,12H2,1-2H3,(H,21,22)/b11-8+. The monoisotopic (exact) mass is 373 g/mol. The Kier molecular flexibility index (Phi) is 6.41. The number of carbonyl (C=O) groups is 1. The van der Waals surface area contributed by atoms with Gasteiger partial charge in [0.15, 0.2) is 0 Å². The molecule has 0 aliphatic carbocycles. The van der Waals surface area contributed by atoms with Crippen LogP contribution in [0.3, 0.4) is 0 Å². The summed E-state index contributed by atoms with van der Waals surface area (Å²) in [7, 11) is 0. The number of nitrogens with one attached hydrogen (secondary N) is 1. The SMILES string of the molecule is CCCOc1ccccc1/C=C/C(=O)Nc1ccc(Br)cc1C. The predicted octanol–water partition coefficient (Wildman–Crippen LogP) is 5.20. The first-order chi connectivity index (χ1) is 11.1. The van der Waals surface area contributed by atoms with Gasteiger partial charge in [-0.3, -0.25) is 4.79 Å². The van der Waals surface area contributed by atoms with Gasteiger partial charge in [0.05, 0.1) is 6.61 Å². The molecule has 0 bridgehead atoms. The Hall–Kier alpha value is -2.07. The maximum absolute atomic E-state index is 12.1. The average molecular weight is 374 g/mol. The molecular weight excluding hydrogens is 354 g/mol. The molecule has 4 heteroatoms. The molecule has 0 radical (unpaired) electrons. The van der Waals surface area contributed by atoms with Gasteiger partial charge in [-0.2, -0.15) is 0 Å². The summed E-state index contributed by atoms with van der Waals surface area (Å²) in [6.07, 6.45) is 4.24. The number of ether oxygens (including phenoxy) is 1. The van der Waals surface area contributed by atoms with Crippen molar-refractivity contribution in [2.24, 2.45) is 0 Å². The van der Waals surface area contributed by atoms with Gasteiger partial charge in [0.1, 0.15) is 5.75 Å². The Bertz CT molecular complexity index is 710. The Morgan fingerprint density at radius 2 is 2.04 bits per heavy atom. The van der Waals surface area contributed by atoms with E-state index in [-0.39, 0.29) is 5.91 Å². The number of benzene rings is 2. The number of carbonyl (C=O) groups excluding carboxylic acids is 1. The molecule has 2 aromatic carbocycles. The van der Waals surface area contributed by atoms with E-state index in [0.29, 0.717) is 6.61 Å². The molecule has 0 fully saturated rings. The van der Waals surface area contributed by atoms with Gasteiger partial charge >= 0.3 is 0 Å². The second-order valence-electron chi connectivity index (χ2n) is 5.17. The van der Waals surface area contributed by atoms with Crippen molar-refractivity contribution in [3.63, 3.8) is 0 Å². The number of para-hydroxylation sites is 1. The van der Waals surface area contributed by atoms with Crippen molar-refractivity contribution in [1.82, 2.24) is 0 Å². The fourth-order valence-corrected chi connectivity index (χ4v) is 2.54. The maximum Gasteiger partial charge on any atom is 0.248 e. The minimum Gasteiger partial charge on any atom is -0.493 e. The summed E-state index contributed by atoms with van der Waals surface area (Å²) in [6.45, 7) is 4.68. The molecule has 2 aromatic rings. The molecule has 1 N–H and O–H groups in total. The zero-order valence-electron chi connectivity index (χ0n) is 13.3. The second kappa shape index (κ2) is 8.53. The van der Waals surface area contributed by atoms with Gasteiger partial charge in [-0.25, -0.2) is 0 Å². The van der Waals surface area contributed by atoms with Crippen molar-refractivity contribution in [3.8, 4) is 5.75 Å². The molecule has 0 saturated carbocycles. The molecule has 0 aliphatic rings. The summed E-state index contributed by atoms with van der Waals surface area (Å²) in [6, 6.07) is 13.4. The topological polar surface area (TPSA) is 38.3 Å². The highest BCUT2D eigenvalue weighted by molar-refractivity contribution is 9.10. The van der Waals surface area contributed by atoms with Crippen molar-refractivity contribution >= 4 is 33.6 Å². The van der Waals surface area contributed by atoms with Gasteiger partial charge in [0.2, 0.25) is 5.91 Å². The normalized spacial score (nSPS) is 10.7. The number of aryl methyl sites for hydroxylation is 1. The molecule has 0 aliphatic heterocycles. The third-order valence-corrected chi connectivity index (χ3v) is 3.73. The first-order valence-corrected chi connectivity index (χ1v) is 8.36. The Morgan fingerprint density at radius 1 is 1.26 bits per heavy atom. The first-order valence-electron chi connectivity index (χ1n) is 7.57. The van der Waals surface area contributed by atoms with Crippen LogP contribution in [-0.2, 0) is 4.79 Å². The van der Waals surface area contributed by atoms with Crippen molar-refractivity contribution in [2.75, 3.05) is 11.9 Å². The molecule has 0 saturated heterocycles. The Labute approximate surface area is 145 Å². The van der Waals surface area contributed by atoms with Crippen LogP contribution in [0.15, 0.2) is 53.0 Å². The van der Waals surface area contributed by atoms with Crippen LogP contribution in [0, 0.1) is 6.92 Å². The smallest absolute Gasteiger partial charge is 0.248 e. The number of anilines is 1. The first kappa shape index (κ1) is 17.3. The van der Waals surface area contributed by atoms with E-state index in [1.54, 1.807) is 6.08 Å². The molecule has 3 nitrogen and oxygen atoms in total. The van der Waals surface area contributed by atoms with E-state index in [1.165, 1.54) is 6.08 Å². The van der Waals surface area contributed by atoms with Crippen LogP contribution in [0.4, 0.5) is 5.69 Å². The van der Waals surface area contributed by atoms with Crippen LogP contribution in [0.1, 0.15) is 24.5 Å². The van der Waals surface area contributed by atoms with Crippen molar-refractivity contribution in [2.45, 2.75) is 20.3 Å². The molecule has 0 spiro atoms. The molecule has 120 valence electrons. The quantitative estimate of drug-likeness (QED) is 0.706. The van der Waals surface area contributed by atoms with Crippen LogP contribution in [0.2, 0.25) is 0 Å². The van der Waals surface area contributed by atoms with E-state index in [9.17, 15) is 4.79 Å². The Balaban J connectivity index is 2.06. The maximum atomic E-state index is 12.1. The Morgan fingerprint density at radius 3 is 2.78 bits per heavy atom. The minimum absolute atomic E-state index is 0.166. The highest BCUT2D eigenvalue weighted by Gasteiger charge is 2.03. The summed E-state index contributed by atoms with van der Waals surface area (Å²) >= 11 is 3.41. The van der Waals surface area contributed by atoms with E-state index >= 15 is 0 Å². The van der Waals surface area contributed by atoms with Gasteiger partial charge in [-0.05, 0) is 49.2 Å². The van der Waals surface area contributed by atoms with Crippen LogP contribution in [0.25, 0.3) is 6.08 Å². The van der Waals surface area contributed by atoms with Crippen molar-refractivity contribution in [1.29, 1.82) is 0 Å². The fraction of sp³-hybridized carbons (Fsp3) is 0.211. The molecule has 0 aromatic heterocycles. The third-order valence-electron chi connectivity index (χ3n) is 3.24. The molecule has 0 unspecified atom stereocenters. The van der Waals surface area contributed by atoms with E-state index in [1.807, 2.05) is 49.4 Å². The highest BCUT2D eigenvalue weighted by Crippen LogP contribution is 2.21. The fourth-order valence-electron chi connectivity index (χ4n) is 2.07. The van der Waals surface area contributed by atoms with E-state index in [2.05, 4.69) is 28.2 Å². The number of halogens is 1. The lowest BCUT2D eigenvalue weighted by Crippen LogP contribution is -2.08. The second-order valence-corrected chi connectivity index (χ2v) is 6.08. The van der Waals surface area contributed by atoms with Gasteiger partial charge < -0.3 is 10.1 Å². The van der Waals surface area contributed by atoms with E-state index < -0.39 is 0 Å². The zero-order valence-corrected chi connectivity index (χ0v) is 14.9. The van der Waals surface area contributed by atoms with Gasteiger partial charge in [0.25, 0.3) is 0 Å². The largest absolute Gasteiger partial charge is 0.493 e. The molecule has 0 heterocycles. The lowest BCUT2D eigenvalue weighted by atomic mass is 10.1. The van der Waals surface area contributed by atoms with Crippen LogP contribution in [0.5, 0.6) is 5.75 Å². The van der Waals surface area contributed by atoms with Crippen molar-refractivity contribution < 1.29 is 9.53 Å². The molecule has 23 heavy (non-hydrogen) atoms. The van der Waals surface area contributed by atoms with Gasteiger partial charge in [-0.1, -0.05) is 41.1 Å². The van der Waals surface area contributed by atoms with Gasteiger partial charge in [0, 0.05) is 21.8 Å². The zero-order chi connectivity index (χ0) is 16.7. The summed E-state index contributed by atoms with van der Waals surface area (Å²) < 4.78 is 6.67. The van der Waals surface area contributed by atoms with Gasteiger partial charge in [-0.15, -0.1) is 0 Å². The third kappa shape index (κ3) is 5.25.